The van der Waals surface area contributed by atoms with E-state index in [0.29, 0.717) is 6.79 Å². The fourth-order valence-corrected chi connectivity index (χ4v) is 0.234. The average Bonchev–Trinajstić information content (AvgIpc) is 1.83. The lowest BCUT2D eigenvalue weighted by molar-refractivity contribution is -0.201. The quantitative estimate of drug-likeness (QED) is 0.396. The zero-order valence-electron chi connectivity index (χ0n) is 5.68. The molecule has 8 heavy (non-hydrogen) atoms. The molecule has 0 spiro atoms. The Kier molecular flexibility index (Phi) is 4.95. The van der Waals surface area contributed by atoms with Crippen molar-refractivity contribution in [1.29, 1.82) is 0 Å². The predicted octanol–water partition coefficient (Wildman–Crippen LogP) is 0.474. The number of hydroxylamine groups is 2. The minimum Gasteiger partial charge on any atom is -0.357 e. The van der Waals surface area contributed by atoms with Crippen LogP contribution in [0.5, 0.6) is 0 Å². The number of nitrogens with zero attached hydrogens (tertiary/aromatic N) is 1. The van der Waals surface area contributed by atoms with Gasteiger partial charge in [-0.3, -0.25) is 4.84 Å². The second kappa shape index (κ2) is 5.03. The van der Waals surface area contributed by atoms with Gasteiger partial charge in [0.15, 0.2) is 6.79 Å². The van der Waals surface area contributed by atoms with Gasteiger partial charge in [-0.25, -0.2) is 0 Å². The van der Waals surface area contributed by atoms with Gasteiger partial charge in [0.05, 0.1) is 0 Å². The van der Waals surface area contributed by atoms with E-state index in [1.807, 2.05) is 14.0 Å². The van der Waals surface area contributed by atoms with Crippen LogP contribution in [0.4, 0.5) is 0 Å². The molecule has 0 heterocycles. The Hall–Kier alpha value is -0.120. The Labute approximate surface area is 50.1 Å². The molecule has 0 N–H and O–H groups in total. The van der Waals surface area contributed by atoms with Crippen LogP contribution in [-0.2, 0) is 9.57 Å². The highest BCUT2D eigenvalue weighted by atomic mass is 16.8. The molecule has 0 unspecified atom stereocenters. The van der Waals surface area contributed by atoms with Gasteiger partial charge in [-0.2, -0.15) is 5.06 Å². The molecular formula is C5H13NO2. The Morgan fingerprint density at radius 3 is 2.50 bits per heavy atom. The summed E-state index contributed by atoms with van der Waals surface area (Å²) in [4.78, 5) is 4.95. The molecule has 3 heteroatoms. The van der Waals surface area contributed by atoms with Crippen LogP contribution < -0.4 is 0 Å². The summed E-state index contributed by atoms with van der Waals surface area (Å²) >= 11 is 0. The van der Waals surface area contributed by atoms with Crippen LogP contribution in [0.1, 0.15) is 6.92 Å². The third-order valence-corrected chi connectivity index (χ3v) is 0.836. The number of hydrogen-bond acceptors (Lipinski definition) is 3. The monoisotopic (exact) mass is 119 g/mol. The first kappa shape index (κ1) is 7.88. The predicted molar refractivity (Wildman–Crippen MR) is 31.3 cm³/mol. The Balaban J connectivity index is 2.86. The standard InChI is InChI=1S/C5H13NO2/c1-4-6(2)8-5-7-3/h4-5H2,1-3H3. The minimum atomic E-state index is 0.338. The Bertz CT molecular complexity index is 49.7. The number of rotatable bonds is 4. The molecule has 0 aromatic carbocycles. The maximum Gasteiger partial charge on any atom is 0.166 e. The number of ether oxygens (including phenoxy) is 1. The van der Waals surface area contributed by atoms with Crippen LogP contribution in [0.15, 0.2) is 0 Å². The maximum absolute atomic E-state index is 4.95. The molecule has 0 aliphatic carbocycles. The van der Waals surface area contributed by atoms with Crippen molar-refractivity contribution < 1.29 is 9.57 Å². The second-order valence-corrected chi connectivity index (χ2v) is 1.48. The minimum absolute atomic E-state index is 0.338. The highest BCUT2D eigenvalue weighted by Crippen LogP contribution is 1.81. The Morgan fingerprint density at radius 1 is 1.50 bits per heavy atom. The van der Waals surface area contributed by atoms with Crippen molar-refractivity contribution in [3.8, 4) is 0 Å². The fraction of sp³-hybridized carbons (Fsp3) is 1.00. The van der Waals surface area contributed by atoms with E-state index in [2.05, 4.69) is 4.74 Å². The normalized spacial score (nSPS) is 10.5. The Morgan fingerprint density at radius 2 is 2.12 bits per heavy atom. The SMILES string of the molecule is CCN(C)OCOC. The molecule has 0 rings (SSSR count). The van der Waals surface area contributed by atoms with Crippen molar-refractivity contribution in [3.63, 3.8) is 0 Å². The third kappa shape index (κ3) is 4.05. The highest BCUT2D eigenvalue weighted by molar-refractivity contribution is 4.19. The van der Waals surface area contributed by atoms with Gasteiger partial charge in [-0.05, 0) is 0 Å². The molecule has 0 bridgehead atoms. The average molecular weight is 119 g/mol. The lowest BCUT2D eigenvalue weighted by Crippen LogP contribution is -2.19. The van der Waals surface area contributed by atoms with E-state index in [0.717, 1.165) is 6.54 Å². The molecule has 0 aromatic heterocycles. The van der Waals surface area contributed by atoms with Crippen molar-refractivity contribution in [3.05, 3.63) is 0 Å². The molecule has 0 radical (unpaired) electrons. The summed E-state index contributed by atoms with van der Waals surface area (Å²) in [7, 11) is 3.46. The van der Waals surface area contributed by atoms with Gasteiger partial charge in [-0.15, -0.1) is 0 Å². The van der Waals surface area contributed by atoms with E-state index in [9.17, 15) is 0 Å². The summed E-state index contributed by atoms with van der Waals surface area (Å²) in [6.45, 7) is 3.23. The summed E-state index contributed by atoms with van der Waals surface area (Å²) in [6, 6.07) is 0. The van der Waals surface area contributed by atoms with E-state index in [1.165, 1.54) is 0 Å². The molecule has 0 amide bonds. The zero-order valence-corrected chi connectivity index (χ0v) is 5.68. The smallest absolute Gasteiger partial charge is 0.166 e. The topological polar surface area (TPSA) is 21.7 Å². The third-order valence-electron chi connectivity index (χ3n) is 0.836. The molecule has 3 nitrogen and oxygen atoms in total. The number of hydrogen-bond donors (Lipinski definition) is 0. The van der Waals surface area contributed by atoms with Gasteiger partial charge in [0.25, 0.3) is 0 Å². The van der Waals surface area contributed by atoms with E-state index < -0.39 is 0 Å². The molecule has 50 valence electrons. The van der Waals surface area contributed by atoms with Gasteiger partial charge < -0.3 is 4.74 Å². The van der Waals surface area contributed by atoms with Crippen molar-refractivity contribution in [2.75, 3.05) is 27.5 Å². The van der Waals surface area contributed by atoms with Crippen molar-refractivity contribution in [1.82, 2.24) is 5.06 Å². The first-order chi connectivity index (χ1) is 3.81. The summed E-state index contributed by atoms with van der Waals surface area (Å²) < 4.78 is 4.65. The van der Waals surface area contributed by atoms with Crippen LogP contribution in [0.25, 0.3) is 0 Å². The maximum atomic E-state index is 4.95. The van der Waals surface area contributed by atoms with Gasteiger partial charge in [0.1, 0.15) is 0 Å². The van der Waals surface area contributed by atoms with Crippen LogP contribution in [0, 0.1) is 0 Å². The largest absolute Gasteiger partial charge is 0.357 e. The number of methoxy groups -OCH3 is 1. The summed E-state index contributed by atoms with van der Waals surface area (Å²) in [5, 5.41) is 1.71. The fourth-order valence-electron chi connectivity index (χ4n) is 0.234. The van der Waals surface area contributed by atoms with Crippen LogP contribution >= 0.6 is 0 Å². The van der Waals surface area contributed by atoms with Crippen molar-refractivity contribution in [2.45, 2.75) is 6.92 Å². The van der Waals surface area contributed by atoms with E-state index >= 15 is 0 Å². The highest BCUT2D eigenvalue weighted by Gasteiger charge is 1.89. The van der Waals surface area contributed by atoms with Crippen molar-refractivity contribution in [2.24, 2.45) is 0 Å². The van der Waals surface area contributed by atoms with E-state index in [1.54, 1.807) is 12.2 Å². The van der Waals surface area contributed by atoms with Gasteiger partial charge in [0.2, 0.25) is 0 Å². The van der Waals surface area contributed by atoms with Gasteiger partial charge in [-0.1, -0.05) is 6.92 Å². The van der Waals surface area contributed by atoms with Crippen LogP contribution in [0.3, 0.4) is 0 Å². The van der Waals surface area contributed by atoms with Crippen molar-refractivity contribution >= 4 is 0 Å². The van der Waals surface area contributed by atoms with E-state index in [-0.39, 0.29) is 0 Å². The van der Waals surface area contributed by atoms with E-state index in [4.69, 9.17) is 4.84 Å². The van der Waals surface area contributed by atoms with Gasteiger partial charge in [0, 0.05) is 20.7 Å². The molecular weight excluding hydrogens is 106 g/mol. The van der Waals surface area contributed by atoms with Crippen LogP contribution in [0.2, 0.25) is 0 Å². The van der Waals surface area contributed by atoms with Gasteiger partial charge >= 0.3 is 0 Å². The molecule has 0 aliphatic rings. The first-order valence-electron chi connectivity index (χ1n) is 2.64. The van der Waals surface area contributed by atoms with Crippen LogP contribution in [-0.4, -0.2) is 32.6 Å². The zero-order chi connectivity index (χ0) is 6.41. The summed E-state index contributed by atoms with van der Waals surface area (Å²) in [5.74, 6) is 0. The molecule has 0 saturated carbocycles. The molecule has 0 fully saturated rings. The molecule has 0 aromatic rings. The summed E-state index contributed by atoms with van der Waals surface area (Å²) in [6.07, 6.45) is 0. The second-order valence-electron chi connectivity index (χ2n) is 1.48. The molecule has 0 atom stereocenters. The lowest BCUT2D eigenvalue weighted by Gasteiger charge is -2.11. The molecule has 0 aliphatic heterocycles. The summed E-state index contributed by atoms with van der Waals surface area (Å²) in [5.41, 5.74) is 0. The molecule has 0 saturated heterocycles. The lowest BCUT2D eigenvalue weighted by atomic mass is 10.8. The first-order valence-corrected chi connectivity index (χ1v) is 2.64.